The molecule has 0 saturated carbocycles. The average Bonchev–Trinajstić information content (AvgIpc) is 3.54. The molecule has 6 rings (SSSR count). The van der Waals surface area contributed by atoms with Crippen molar-refractivity contribution < 1.29 is 22.6 Å². The van der Waals surface area contributed by atoms with Crippen LogP contribution in [0.4, 0.5) is 36.3 Å². The minimum absolute atomic E-state index is 0.217. The Balaban J connectivity index is 1.15. The molecule has 0 bridgehead atoms. The third-order valence-electron chi connectivity index (χ3n) is 8.12. The highest BCUT2D eigenvalue weighted by Crippen LogP contribution is 2.38. The van der Waals surface area contributed by atoms with Crippen molar-refractivity contribution in [1.29, 1.82) is 0 Å². The molecule has 0 spiro atoms. The fourth-order valence-corrected chi connectivity index (χ4v) is 5.60. The Morgan fingerprint density at radius 2 is 1.89 bits per heavy atom. The lowest BCUT2D eigenvalue weighted by molar-refractivity contribution is -0.138. The lowest BCUT2D eigenvalue weighted by Gasteiger charge is -2.35. The number of rotatable bonds is 9. The van der Waals surface area contributed by atoms with Gasteiger partial charge >= 0.3 is 6.18 Å². The van der Waals surface area contributed by atoms with Gasteiger partial charge in [0, 0.05) is 57.3 Å². The van der Waals surface area contributed by atoms with Gasteiger partial charge in [0.15, 0.2) is 5.82 Å². The molecule has 2 aromatic heterocycles. The Bertz CT molecular complexity index is 1610. The van der Waals surface area contributed by atoms with Crippen molar-refractivity contribution >= 4 is 34.2 Å². The van der Waals surface area contributed by atoms with E-state index < -0.39 is 11.7 Å². The van der Waals surface area contributed by atoms with Gasteiger partial charge in [0.25, 0.3) is 0 Å². The van der Waals surface area contributed by atoms with Crippen molar-refractivity contribution in [2.24, 2.45) is 5.92 Å². The molecule has 44 heavy (non-hydrogen) atoms. The first-order valence-corrected chi connectivity index (χ1v) is 14.7. The second-order valence-electron chi connectivity index (χ2n) is 11.2. The van der Waals surface area contributed by atoms with E-state index in [-0.39, 0.29) is 5.75 Å². The number of nitrogens with zero attached hydrogens (tertiary/aromatic N) is 6. The van der Waals surface area contributed by atoms with Gasteiger partial charge in [-0.3, -0.25) is 4.90 Å². The molecule has 1 unspecified atom stereocenters. The van der Waals surface area contributed by atoms with Crippen molar-refractivity contribution in [1.82, 2.24) is 24.8 Å². The highest BCUT2D eigenvalue weighted by atomic mass is 19.4. The number of methoxy groups -OCH3 is 1. The predicted molar refractivity (Wildman–Crippen MR) is 162 cm³/mol. The van der Waals surface area contributed by atoms with Crippen LogP contribution in [0.1, 0.15) is 23.1 Å². The Kier molecular flexibility index (Phi) is 8.67. The summed E-state index contributed by atoms with van der Waals surface area (Å²) in [7, 11) is 1.22. The van der Waals surface area contributed by atoms with Crippen LogP contribution in [-0.2, 0) is 17.5 Å². The second-order valence-corrected chi connectivity index (χ2v) is 11.2. The molecule has 0 amide bonds. The zero-order valence-corrected chi connectivity index (χ0v) is 24.7. The number of piperazine rings is 1. The molecule has 13 heteroatoms. The smallest absolute Gasteiger partial charge is 0.420 e. The highest BCUT2D eigenvalue weighted by molar-refractivity contribution is 5.87. The van der Waals surface area contributed by atoms with Crippen LogP contribution < -0.4 is 20.3 Å². The molecule has 4 heterocycles. The zero-order valence-electron chi connectivity index (χ0n) is 24.7. The molecule has 0 radical (unpaired) electrons. The third-order valence-corrected chi connectivity index (χ3v) is 8.12. The number of hydrogen-bond donors (Lipinski definition) is 2. The Labute approximate surface area is 253 Å². The third kappa shape index (κ3) is 6.78. The molecule has 2 N–H and O–H groups in total. The summed E-state index contributed by atoms with van der Waals surface area (Å²) in [4.78, 5) is 23.0. The molecular formula is C31H35F3N8O2. The van der Waals surface area contributed by atoms with Crippen LogP contribution in [0.25, 0.3) is 11.0 Å². The quantitative estimate of drug-likeness (QED) is 0.261. The molecule has 0 aliphatic carbocycles. The SMILES string of the molecule is COc1ccc(NCc2ccc(C)c(Nc3ncnc4cnc(N5CCN(CC6CCOC6)CC5)nc34)c2)cc1C(F)(F)F. The fraction of sp³-hybridized carbons (Fsp3) is 0.419. The van der Waals surface area contributed by atoms with E-state index in [4.69, 9.17) is 14.5 Å². The van der Waals surface area contributed by atoms with Crippen molar-refractivity contribution in [3.05, 3.63) is 65.6 Å². The van der Waals surface area contributed by atoms with Crippen LogP contribution in [0.3, 0.4) is 0 Å². The summed E-state index contributed by atoms with van der Waals surface area (Å²) in [6, 6.07) is 9.77. The summed E-state index contributed by atoms with van der Waals surface area (Å²) in [6.45, 7) is 8.64. The van der Waals surface area contributed by atoms with E-state index in [1.807, 2.05) is 25.1 Å². The Hall–Kier alpha value is -4.23. The fourth-order valence-electron chi connectivity index (χ4n) is 5.60. The van der Waals surface area contributed by atoms with Gasteiger partial charge in [-0.2, -0.15) is 13.2 Å². The molecule has 10 nitrogen and oxygen atoms in total. The Morgan fingerprint density at radius 1 is 1.05 bits per heavy atom. The standard InChI is InChI=1S/C31H35F3N8O2/c1-20-3-4-21(15-35-23-5-6-27(43-2)24(14-23)31(32,33)34)13-25(20)39-29-28-26(37-19-38-29)16-36-30(40-28)42-10-8-41(9-11-42)17-22-7-12-44-18-22/h3-6,13-14,16,19,22,35H,7-12,15,17-18H2,1-2H3,(H,37,38,39). The monoisotopic (exact) mass is 608 g/mol. The topological polar surface area (TPSA) is 101 Å². The van der Waals surface area contributed by atoms with Crippen molar-refractivity contribution in [2.75, 3.05) is 68.6 Å². The average molecular weight is 609 g/mol. The molecular weight excluding hydrogens is 573 g/mol. The van der Waals surface area contributed by atoms with Crippen LogP contribution >= 0.6 is 0 Å². The van der Waals surface area contributed by atoms with E-state index in [0.29, 0.717) is 40.9 Å². The van der Waals surface area contributed by atoms with E-state index >= 15 is 0 Å². The minimum atomic E-state index is -4.52. The first-order chi connectivity index (χ1) is 21.3. The number of anilines is 4. The summed E-state index contributed by atoms with van der Waals surface area (Å²) in [5, 5.41) is 6.49. The van der Waals surface area contributed by atoms with Crippen molar-refractivity contribution in [3.8, 4) is 5.75 Å². The number of nitrogens with one attached hydrogen (secondary N) is 2. The first-order valence-electron chi connectivity index (χ1n) is 14.7. The summed E-state index contributed by atoms with van der Waals surface area (Å²) in [5.41, 5.74) is 3.41. The molecule has 2 aliphatic rings. The highest BCUT2D eigenvalue weighted by Gasteiger charge is 2.34. The first kappa shape index (κ1) is 29.8. The summed E-state index contributed by atoms with van der Waals surface area (Å²) in [5.74, 6) is 1.60. The molecule has 4 aromatic rings. The maximum Gasteiger partial charge on any atom is 0.420 e. The molecule has 2 saturated heterocycles. The van der Waals surface area contributed by atoms with Crippen LogP contribution in [0.15, 0.2) is 48.9 Å². The molecule has 232 valence electrons. The molecule has 1 atom stereocenters. The molecule has 2 fully saturated rings. The number of aromatic nitrogens is 4. The van der Waals surface area contributed by atoms with Gasteiger partial charge < -0.3 is 25.0 Å². The van der Waals surface area contributed by atoms with Gasteiger partial charge in [0.2, 0.25) is 5.95 Å². The maximum absolute atomic E-state index is 13.5. The van der Waals surface area contributed by atoms with Gasteiger partial charge in [-0.25, -0.2) is 19.9 Å². The molecule has 2 aliphatic heterocycles. The van der Waals surface area contributed by atoms with Crippen molar-refractivity contribution in [2.45, 2.75) is 26.1 Å². The van der Waals surface area contributed by atoms with E-state index in [0.717, 1.165) is 75.2 Å². The summed E-state index contributed by atoms with van der Waals surface area (Å²) >= 11 is 0. The Morgan fingerprint density at radius 3 is 2.64 bits per heavy atom. The number of aryl methyl sites for hydroxylation is 1. The van der Waals surface area contributed by atoms with Gasteiger partial charge in [-0.1, -0.05) is 12.1 Å². The van der Waals surface area contributed by atoms with Crippen LogP contribution in [0.2, 0.25) is 0 Å². The number of halogens is 3. The van der Waals surface area contributed by atoms with E-state index in [1.165, 1.54) is 19.5 Å². The van der Waals surface area contributed by atoms with Gasteiger partial charge in [0.1, 0.15) is 23.1 Å². The number of benzene rings is 2. The van der Waals surface area contributed by atoms with E-state index in [2.05, 4.69) is 35.4 Å². The number of alkyl halides is 3. The largest absolute Gasteiger partial charge is 0.496 e. The summed E-state index contributed by atoms with van der Waals surface area (Å²) < 4.78 is 50.8. The predicted octanol–water partition coefficient (Wildman–Crippen LogP) is 5.27. The van der Waals surface area contributed by atoms with Crippen LogP contribution in [-0.4, -0.2) is 77.9 Å². The maximum atomic E-state index is 13.5. The van der Waals surface area contributed by atoms with Crippen LogP contribution in [0, 0.1) is 12.8 Å². The normalized spacial score (nSPS) is 17.7. The van der Waals surface area contributed by atoms with E-state index in [1.54, 1.807) is 12.3 Å². The zero-order chi connectivity index (χ0) is 30.7. The molecule has 2 aromatic carbocycles. The van der Waals surface area contributed by atoms with Crippen LogP contribution in [0.5, 0.6) is 5.75 Å². The lowest BCUT2D eigenvalue weighted by atomic mass is 10.1. The number of ether oxygens (including phenoxy) is 2. The lowest BCUT2D eigenvalue weighted by Crippen LogP contribution is -2.48. The second kappa shape index (κ2) is 12.8. The van der Waals surface area contributed by atoms with Crippen molar-refractivity contribution in [3.63, 3.8) is 0 Å². The van der Waals surface area contributed by atoms with Gasteiger partial charge in [-0.05, 0) is 54.7 Å². The number of fused-ring (bicyclic) bond motifs is 1. The van der Waals surface area contributed by atoms with Gasteiger partial charge in [-0.15, -0.1) is 0 Å². The van der Waals surface area contributed by atoms with Gasteiger partial charge in [0.05, 0.1) is 25.5 Å². The minimum Gasteiger partial charge on any atom is -0.496 e. The summed E-state index contributed by atoms with van der Waals surface area (Å²) in [6.07, 6.45) is -0.188. The number of hydrogen-bond acceptors (Lipinski definition) is 10. The van der Waals surface area contributed by atoms with E-state index in [9.17, 15) is 13.2 Å².